The highest BCUT2D eigenvalue weighted by Gasteiger charge is 1.77. The molecule has 3 heteroatoms. The minimum Gasteiger partial charge on any atom is -0.309 e. The minimum atomic E-state index is 0.464. The van der Waals surface area contributed by atoms with Crippen LogP contribution in [0.1, 0.15) is 0 Å². The van der Waals surface area contributed by atoms with Gasteiger partial charge in [0.15, 0.2) is 0 Å². The number of hydrogen-bond acceptors (Lipinski definition) is 2. The van der Waals surface area contributed by atoms with Crippen molar-refractivity contribution in [1.29, 1.82) is 0 Å². The van der Waals surface area contributed by atoms with Crippen molar-refractivity contribution < 1.29 is 4.79 Å². The number of rotatable bonds is 4. The van der Waals surface area contributed by atoms with Crippen molar-refractivity contribution in [1.82, 2.24) is 5.32 Å². The first-order valence-electron chi connectivity index (χ1n) is 2.12. The Hall–Kier alpha value is 0.110. The summed E-state index contributed by atoms with van der Waals surface area (Å²) in [6.07, 6.45) is 0.850. The lowest BCUT2D eigenvalue weighted by Crippen LogP contribution is -2.17. The van der Waals surface area contributed by atoms with Crippen LogP contribution in [0, 0.1) is 0 Å². The van der Waals surface area contributed by atoms with E-state index in [9.17, 15) is 4.79 Å². The molecule has 0 amide bonds. The van der Waals surface area contributed by atoms with Gasteiger partial charge in [0, 0.05) is 11.9 Å². The number of carbonyl (C=O) groups excluding carboxylic acids is 1. The van der Waals surface area contributed by atoms with Gasteiger partial charge in [-0.25, -0.2) is 0 Å². The third-order valence-electron chi connectivity index (χ3n) is 0.499. The van der Waals surface area contributed by atoms with Crippen LogP contribution in [0.3, 0.4) is 0 Å². The Morgan fingerprint density at radius 1 is 1.71 bits per heavy atom. The summed E-state index contributed by atoms with van der Waals surface area (Å²) in [6, 6.07) is 0. The summed E-state index contributed by atoms with van der Waals surface area (Å²) in [4.78, 5) is 9.60. The second kappa shape index (κ2) is 6.11. The molecule has 0 radical (unpaired) electrons. The Morgan fingerprint density at radius 3 is 2.86 bits per heavy atom. The van der Waals surface area contributed by atoms with Crippen molar-refractivity contribution in [3.05, 3.63) is 0 Å². The van der Waals surface area contributed by atoms with Gasteiger partial charge in [0.25, 0.3) is 0 Å². The quantitative estimate of drug-likeness (QED) is 0.366. The standard InChI is InChI=1S/C4H8BrNO/c5-1-2-6-3-4-7/h4,6H,1-3H2. The maximum absolute atomic E-state index is 9.60. The van der Waals surface area contributed by atoms with Crippen molar-refractivity contribution in [3.63, 3.8) is 0 Å². The molecule has 0 aliphatic rings. The van der Waals surface area contributed by atoms with E-state index in [1.54, 1.807) is 0 Å². The molecule has 0 spiro atoms. The van der Waals surface area contributed by atoms with Crippen molar-refractivity contribution in [2.75, 3.05) is 18.4 Å². The molecule has 42 valence electrons. The molecular formula is C4H8BrNO. The Balaban J connectivity index is 2.56. The van der Waals surface area contributed by atoms with Gasteiger partial charge >= 0.3 is 0 Å². The van der Waals surface area contributed by atoms with Gasteiger partial charge in [-0.3, -0.25) is 0 Å². The molecule has 1 N–H and O–H groups in total. The van der Waals surface area contributed by atoms with Crippen LogP contribution >= 0.6 is 15.9 Å². The summed E-state index contributed by atoms with van der Waals surface area (Å²) < 4.78 is 0. The molecule has 0 fully saturated rings. The second-order valence-electron chi connectivity index (χ2n) is 1.06. The van der Waals surface area contributed by atoms with E-state index in [0.717, 1.165) is 18.2 Å². The number of hydrogen-bond donors (Lipinski definition) is 1. The lowest BCUT2D eigenvalue weighted by atomic mass is 10.6. The van der Waals surface area contributed by atoms with E-state index in [0.29, 0.717) is 6.54 Å². The smallest absolute Gasteiger partial charge is 0.133 e. The van der Waals surface area contributed by atoms with Crippen LogP contribution in [0.4, 0.5) is 0 Å². The summed E-state index contributed by atoms with van der Waals surface area (Å²) in [5, 5.41) is 3.77. The van der Waals surface area contributed by atoms with Gasteiger partial charge in [0.1, 0.15) is 6.29 Å². The fourth-order valence-electron chi connectivity index (χ4n) is 0.228. The Kier molecular flexibility index (Phi) is 6.21. The first kappa shape index (κ1) is 7.11. The van der Waals surface area contributed by atoms with Crippen LogP contribution in [-0.4, -0.2) is 24.7 Å². The normalized spacial score (nSPS) is 8.71. The fraction of sp³-hybridized carbons (Fsp3) is 0.750. The summed E-state index contributed by atoms with van der Waals surface area (Å²) >= 11 is 3.20. The van der Waals surface area contributed by atoms with Crippen LogP contribution in [0.25, 0.3) is 0 Å². The van der Waals surface area contributed by atoms with E-state index < -0.39 is 0 Å². The van der Waals surface area contributed by atoms with Crippen LogP contribution in [0.2, 0.25) is 0 Å². The van der Waals surface area contributed by atoms with E-state index in [4.69, 9.17) is 0 Å². The molecule has 2 nitrogen and oxygen atoms in total. The molecule has 7 heavy (non-hydrogen) atoms. The molecule has 0 atom stereocenters. The first-order chi connectivity index (χ1) is 3.41. The molecule has 0 saturated carbocycles. The predicted octanol–water partition coefficient (Wildman–Crippen LogP) is 0.170. The number of aldehydes is 1. The topological polar surface area (TPSA) is 29.1 Å². The average Bonchev–Trinajstić information content (AvgIpc) is 1.69. The van der Waals surface area contributed by atoms with Crippen LogP contribution in [-0.2, 0) is 4.79 Å². The highest BCUT2D eigenvalue weighted by atomic mass is 79.9. The third kappa shape index (κ3) is 6.11. The SMILES string of the molecule is O=CCNCCBr. The van der Waals surface area contributed by atoms with Gasteiger partial charge in [-0.15, -0.1) is 0 Å². The van der Waals surface area contributed by atoms with Gasteiger partial charge in [-0.1, -0.05) is 15.9 Å². The molecule has 0 unspecified atom stereocenters. The van der Waals surface area contributed by atoms with E-state index in [1.807, 2.05) is 0 Å². The van der Waals surface area contributed by atoms with Crippen molar-refractivity contribution in [3.8, 4) is 0 Å². The lowest BCUT2D eigenvalue weighted by Gasteiger charge is -1.90. The zero-order chi connectivity index (χ0) is 5.54. The van der Waals surface area contributed by atoms with E-state index >= 15 is 0 Å². The average molecular weight is 166 g/mol. The molecule has 0 saturated heterocycles. The Morgan fingerprint density at radius 2 is 2.43 bits per heavy atom. The van der Waals surface area contributed by atoms with Crippen molar-refractivity contribution in [2.24, 2.45) is 0 Å². The third-order valence-corrected chi connectivity index (χ3v) is 0.895. The maximum atomic E-state index is 9.60. The molecule has 0 aromatic carbocycles. The van der Waals surface area contributed by atoms with E-state index in [2.05, 4.69) is 21.2 Å². The monoisotopic (exact) mass is 165 g/mol. The Labute approximate surface area is 51.4 Å². The number of halogens is 1. The molecule has 0 aromatic rings. The summed E-state index contributed by atoms with van der Waals surface area (Å²) in [5.41, 5.74) is 0. The first-order valence-corrected chi connectivity index (χ1v) is 3.24. The largest absolute Gasteiger partial charge is 0.309 e. The minimum absolute atomic E-state index is 0.464. The molecule has 0 aliphatic heterocycles. The van der Waals surface area contributed by atoms with Gasteiger partial charge in [-0.05, 0) is 0 Å². The summed E-state index contributed by atoms with van der Waals surface area (Å²) in [5.74, 6) is 0. The highest BCUT2D eigenvalue weighted by molar-refractivity contribution is 9.09. The van der Waals surface area contributed by atoms with Gasteiger partial charge < -0.3 is 10.1 Å². The summed E-state index contributed by atoms with van der Waals surface area (Å²) in [7, 11) is 0. The van der Waals surface area contributed by atoms with Crippen molar-refractivity contribution >= 4 is 22.2 Å². The van der Waals surface area contributed by atoms with Crippen molar-refractivity contribution in [2.45, 2.75) is 0 Å². The zero-order valence-corrected chi connectivity index (χ0v) is 5.57. The second-order valence-corrected chi connectivity index (χ2v) is 1.85. The van der Waals surface area contributed by atoms with Crippen LogP contribution < -0.4 is 5.32 Å². The molecule has 0 bridgehead atoms. The molecular weight excluding hydrogens is 158 g/mol. The molecule has 0 aromatic heterocycles. The lowest BCUT2D eigenvalue weighted by molar-refractivity contribution is -0.107. The zero-order valence-electron chi connectivity index (χ0n) is 3.98. The van der Waals surface area contributed by atoms with E-state index in [1.165, 1.54) is 0 Å². The van der Waals surface area contributed by atoms with Gasteiger partial charge in [0.2, 0.25) is 0 Å². The Bertz CT molecular complexity index is 49.0. The van der Waals surface area contributed by atoms with Crippen LogP contribution in [0.5, 0.6) is 0 Å². The van der Waals surface area contributed by atoms with Gasteiger partial charge in [0.05, 0.1) is 6.54 Å². The molecule has 0 heterocycles. The molecule has 0 rings (SSSR count). The van der Waals surface area contributed by atoms with Crippen LogP contribution in [0.15, 0.2) is 0 Å². The number of alkyl halides is 1. The number of carbonyl (C=O) groups is 1. The van der Waals surface area contributed by atoms with Gasteiger partial charge in [-0.2, -0.15) is 0 Å². The highest BCUT2D eigenvalue weighted by Crippen LogP contribution is 1.71. The number of nitrogens with one attached hydrogen (secondary N) is 1. The summed E-state index contributed by atoms with van der Waals surface area (Å²) in [6.45, 7) is 1.32. The molecule has 0 aliphatic carbocycles. The van der Waals surface area contributed by atoms with E-state index in [-0.39, 0.29) is 0 Å². The predicted molar refractivity (Wildman–Crippen MR) is 32.7 cm³/mol. The maximum Gasteiger partial charge on any atom is 0.133 e. The fourth-order valence-corrected chi connectivity index (χ4v) is 0.508.